The molecule has 0 N–H and O–H groups in total. The van der Waals surface area contributed by atoms with Crippen molar-refractivity contribution < 1.29 is 13.9 Å². The second-order valence-corrected chi connectivity index (χ2v) is 6.68. The third-order valence-corrected chi connectivity index (χ3v) is 5.14. The van der Waals surface area contributed by atoms with Crippen molar-refractivity contribution in [2.24, 2.45) is 0 Å². The number of hydrogen-bond acceptors (Lipinski definition) is 6. The lowest BCUT2D eigenvalue weighted by Crippen LogP contribution is -2.31. The summed E-state index contributed by atoms with van der Waals surface area (Å²) in [6.45, 7) is 2.26. The number of aromatic nitrogens is 2. The van der Waals surface area contributed by atoms with E-state index in [9.17, 15) is 4.79 Å². The fourth-order valence-corrected chi connectivity index (χ4v) is 3.82. The van der Waals surface area contributed by atoms with Gasteiger partial charge in [0.15, 0.2) is 0 Å². The number of likely N-dealkylation sites (tertiary alicyclic amines) is 1. The smallest absolute Gasteiger partial charge is 0.264 e. The van der Waals surface area contributed by atoms with Gasteiger partial charge in [0.05, 0.1) is 11.0 Å². The molecule has 0 bridgehead atoms. The standard InChI is InChI=1S/C13H14BrN3O3S/c1-7-15-16-12(20-7)10-4-9(19-2)5-17(10)13(18)11-3-8(14)6-21-11/h3,6,9-10H,4-5H2,1-2H3/t9-,10+/m0/s1. The van der Waals surface area contributed by atoms with Crippen LogP contribution in [0.25, 0.3) is 0 Å². The number of carbonyl (C=O) groups excluding carboxylic acids is 1. The van der Waals surface area contributed by atoms with Gasteiger partial charge in [-0.1, -0.05) is 0 Å². The Bertz CT molecular complexity index is 657. The molecule has 3 heterocycles. The Kier molecular flexibility index (Phi) is 4.10. The Morgan fingerprint density at radius 3 is 2.95 bits per heavy atom. The number of amides is 1. The Morgan fingerprint density at radius 1 is 1.57 bits per heavy atom. The molecule has 0 spiro atoms. The van der Waals surface area contributed by atoms with Crippen LogP contribution in [0.2, 0.25) is 0 Å². The lowest BCUT2D eigenvalue weighted by Gasteiger charge is -2.20. The maximum absolute atomic E-state index is 12.7. The molecule has 1 fully saturated rings. The zero-order valence-electron chi connectivity index (χ0n) is 11.6. The van der Waals surface area contributed by atoms with Crippen molar-refractivity contribution in [1.82, 2.24) is 15.1 Å². The fraction of sp³-hybridized carbons (Fsp3) is 0.462. The van der Waals surface area contributed by atoms with E-state index < -0.39 is 0 Å². The molecule has 1 aliphatic rings. The van der Waals surface area contributed by atoms with Gasteiger partial charge >= 0.3 is 0 Å². The average molecular weight is 372 g/mol. The molecule has 0 aliphatic carbocycles. The molecule has 2 aromatic rings. The summed E-state index contributed by atoms with van der Waals surface area (Å²) >= 11 is 4.78. The Morgan fingerprint density at radius 2 is 2.38 bits per heavy atom. The molecule has 0 unspecified atom stereocenters. The summed E-state index contributed by atoms with van der Waals surface area (Å²) < 4.78 is 11.8. The van der Waals surface area contributed by atoms with Gasteiger partial charge in [-0.25, -0.2) is 0 Å². The molecule has 0 radical (unpaired) electrons. The minimum absolute atomic E-state index is 0.0189. The second-order valence-electron chi connectivity index (χ2n) is 4.86. The van der Waals surface area contributed by atoms with E-state index in [-0.39, 0.29) is 18.1 Å². The molecule has 21 heavy (non-hydrogen) atoms. The van der Waals surface area contributed by atoms with Crippen LogP contribution in [-0.2, 0) is 4.74 Å². The number of halogens is 1. The van der Waals surface area contributed by atoms with Crippen molar-refractivity contribution in [2.45, 2.75) is 25.5 Å². The van der Waals surface area contributed by atoms with E-state index in [1.165, 1.54) is 11.3 Å². The molecule has 1 saturated heterocycles. The third kappa shape index (κ3) is 2.88. The Balaban J connectivity index is 1.88. The van der Waals surface area contributed by atoms with Crippen LogP contribution < -0.4 is 0 Å². The number of nitrogens with zero attached hydrogens (tertiary/aromatic N) is 3. The SMILES string of the molecule is CO[C@H]1C[C@H](c2nnc(C)o2)N(C(=O)c2cc(Br)cs2)C1. The van der Waals surface area contributed by atoms with E-state index >= 15 is 0 Å². The number of hydrogen-bond donors (Lipinski definition) is 0. The van der Waals surface area contributed by atoms with Gasteiger partial charge in [-0.05, 0) is 22.0 Å². The summed E-state index contributed by atoms with van der Waals surface area (Å²) in [5, 5.41) is 9.80. The predicted octanol–water partition coefficient (Wildman–Crippen LogP) is 2.80. The molecule has 0 saturated carbocycles. The van der Waals surface area contributed by atoms with Gasteiger partial charge in [-0.3, -0.25) is 4.79 Å². The number of aryl methyl sites for hydroxylation is 1. The van der Waals surface area contributed by atoms with E-state index in [2.05, 4.69) is 26.1 Å². The second kappa shape index (κ2) is 5.86. The van der Waals surface area contributed by atoms with Crippen LogP contribution in [0, 0.1) is 6.92 Å². The van der Waals surface area contributed by atoms with Gasteiger partial charge in [0.1, 0.15) is 6.04 Å². The zero-order valence-corrected chi connectivity index (χ0v) is 14.0. The van der Waals surface area contributed by atoms with Gasteiger partial charge in [0, 0.05) is 36.9 Å². The molecule has 8 heteroatoms. The number of ether oxygens (including phenoxy) is 1. The highest BCUT2D eigenvalue weighted by Gasteiger charge is 2.40. The van der Waals surface area contributed by atoms with Gasteiger partial charge in [-0.2, -0.15) is 0 Å². The first-order valence-corrected chi connectivity index (χ1v) is 8.13. The van der Waals surface area contributed by atoms with Crippen LogP contribution in [-0.4, -0.2) is 40.8 Å². The maximum Gasteiger partial charge on any atom is 0.264 e. The predicted molar refractivity (Wildman–Crippen MR) is 80.2 cm³/mol. The topological polar surface area (TPSA) is 68.5 Å². The van der Waals surface area contributed by atoms with Gasteiger partial charge < -0.3 is 14.1 Å². The first-order valence-electron chi connectivity index (χ1n) is 6.46. The molecular formula is C13H14BrN3O3S. The summed E-state index contributed by atoms with van der Waals surface area (Å²) in [4.78, 5) is 15.1. The summed E-state index contributed by atoms with van der Waals surface area (Å²) in [5.41, 5.74) is 0. The minimum Gasteiger partial charge on any atom is -0.423 e. The molecule has 2 aromatic heterocycles. The highest BCUT2D eigenvalue weighted by atomic mass is 79.9. The summed E-state index contributed by atoms with van der Waals surface area (Å²) in [6, 6.07) is 1.59. The molecule has 112 valence electrons. The monoisotopic (exact) mass is 371 g/mol. The maximum atomic E-state index is 12.7. The minimum atomic E-state index is -0.232. The quantitative estimate of drug-likeness (QED) is 0.829. The first-order chi connectivity index (χ1) is 10.1. The van der Waals surface area contributed by atoms with Crippen LogP contribution in [0.4, 0.5) is 0 Å². The summed E-state index contributed by atoms with van der Waals surface area (Å²) in [7, 11) is 1.65. The van der Waals surface area contributed by atoms with E-state index in [0.29, 0.717) is 29.6 Å². The Labute approximate surface area is 134 Å². The van der Waals surface area contributed by atoms with Gasteiger partial charge in [0.25, 0.3) is 5.91 Å². The van der Waals surface area contributed by atoms with E-state index in [1.54, 1.807) is 18.9 Å². The molecular weight excluding hydrogens is 358 g/mol. The van der Waals surface area contributed by atoms with Crippen LogP contribution >= 0.6 is 27.3 Å². The zero-order chi connectivity index (χ0) is 15.0. The van der Waals surface area contributed by atoms with Crippen molar-refractivity contribution >= 4 is 33.2 Å². The van der Waals surface area contributed by atoms with Crippen LogP contribution in [0.5, 0.6) is 0 Å². The number of methoxy groups -OCH3 is 1. The average Bonchev–Trinajstić information content (AvgIpc) is 3.16. The molecule has 2 atom stereocenters. The molecule has 1 aliphatic heterocycles. The summed E-state index contributed by atoms with van der Waals surface area (Å²) in [5.74, 6) is 0.930. The van der Waals surface area contributed by atoms with Gasteiger partial charge in [-0.15, -0.1) is 21.5 Å². The number of carbonyl (C=O) groups is 1. The van der Waals surface area contributed by atoms with Gasteiger partial charge in [0.2, 0.25) is 11.8 Å². The lowest BCUT2D eigenvalue weighted by molar-refractivity contribution is 0.0678. The van der Waals surface area contributed by atoms with E-state index in [4.69, 9.17) is 9.15 Å². The molecule has 0 aromatic carbocycles. The van der Waals surface area contributed by atoms with Crippen LogP contribution in [0.15, 0.2) is 20.3 Å². The summed E-state index contributed by atoms with van der Waals surface area (Å²) in [6.07, 6.45) is 0.644. The number of thiophene rings is 1. The fourth-order valence-electron chi connectivity index (χ4n) is 2.44. The highest BCUT2D eigenvalue weighted by molar-refractivity contribution is 9.10. The molecule has 3 rings (SSSR count). The third-order valence-electron chi connectivity index (χ3n) is 3.46. The van der Waals surface area contributed by atoms with Crippen molar-refractivity contribution in [3.8, 4) is 0 Å². The van der Waals surface area contributed by atoms with Crippen molar-refractivity contribution in [3.63, 3.8) is 0 Å². The van der Waals surface area contributed by atoms with Crippen LogP contribution in [0.3, 0.4) is 0 Å². The van der Waals surface area contributed by atoms with E-state index in [0.717, 1.165) is 4.47 Å². The first kappa shape index (κ1) is 14.7. The van der Waals surface area contributed by atoms with E-state index in [1.807, 2.05) is 11.4 Å². The number of rotatable bonds is 3. The van der Waals surface area contributed by atoms with Crippen molar-refractivity contribution in [2.75, 3.05) is 13.7 Å². The normalized spacial score (nSPS) is 22.0. The lowest BCUT2D eigenvalue weighted by atomic mass is 10.2. The Hall–Kier alpha value is -1.25. The molecule has 1 amide bonds. The largest absolute Gasteiger partial charge is 0.423 e. The van der Waals surface area contributed by atoms with Crippen LogP contribution in [0.1, 0.15) is 33.9 Å². The van der Waals surface area contributed by atoms with Crippen molar-refractivity contribution in [3.05, 3.63) is 32.6 Å². The van der Waals surface area contributed by atoms with Crippen molar-refractivity contribution in [1.29, 1.82) is 0 Å². The molecule has 6 nitrogen and oxygen atoms in total. The highest BCUT2D eigenvalue weighted by Crippen LogP contribution is 2.35.